The van der Waals surface area contributed by atoms with Crippen LogP contribution in [0.2, 0.25) is 0 Å². The molecular formula is C17H15IN2. The van der Waals surface area contributed by atoms with Crippen molar-refractivity contribution < 1.29 is 0 Å². The van der Waals surface area contributed by atoms with Crippen LogP contribution in [0.25, 0.3) is 11.6 Å². The fraction of sp³-hybridized carbons (Fsp3) is 0.118. The van der Waals surface area contributed by atoms with Crippen molar-refractivity contribution in [3.8, 4) is 6.07 Å². The number of nitrogens with zero attached hydrogens (tertiary/aromatic N) is 2. The Labute approximate surface area is 133 Å². The van der Waals surface area contributed by atoms with E-state index in [9.17, 15) is 5.26 Å². The maximum Gasteiger partial charge on any atom is 0.0998 e. The molecule has 0 fully saturated rings. The van der Waals surface area contributed by atoms with Crippen molar-refractivity contribution in [1.29, 1.82) is 5.26 Å². The second kappa shape index (κ2) is 6.58. The zero-order valence-corrected chi connectivity index (χ0v) is 13.6. The van der Waals surface area contributed by atoms with E-state index >= 15 is 0 Å². The summed E-state index contributed by atoms with van der Waals surface area (Å²) in [4.78, 5) is 2.05. The molecule has 0 aliphatic carbocycles. The highest BCUT2D eigenvalue weighted by Gasteiger charge is 2.02. The lowest BCUT2D eigenvalue weighted by atomic mass is 10.0. The van der Waals surface area contributed by atoms with Crippen LogP contribution in [0, 0.1) is 14.9 Å². The highest BCUT2D eigenvalue weighted by molar-refractivity contribution is 14.1. The monoisotopic (exact) mass is 374 g/mol. The van der Waals surface area contributed by atoms with Gasteiger partial charge in [-0.3, -0.25) is 0 Å². The normalized spacial score (nSPS) is 11.0. The molecule has 0 aromatic heterocycles. The molecule has 0 spiro atoms. The van der Waals surface area contributed by atoms with Crippen LogP contribution >= 0.6 is 22.6 Å². The average molecular weight is 374 g/mol. The van der Waals surface area contributed by atoms with Crippen LogP contribution in [-0.4, -0.2) is 14.1 Å². The molecule has 0 bridgehead atoms. The number of halogens is 1. The lowest BCUT2D eigenvalue weighted by Crippen LogP contribution is -2.07. The second-order valence-electron chi connectivity index (χ2n) is 4.67. The Morgan fingerprint density at radius 2 is 1.85 bits per heavy atom. The zero-order valence-electron chi connectivity index (χ0n) is 11.5. The molecule has 0 aliphatic heterocycles. The highest BCUT2D eigenvalue weighted by Crippen LogP contribution is 2.21. The van der Waals surface area contributed by atoms with Gasteiger partial charge in [-0.15, -0.1) is 0 Å². The maximum absolute atomic E-state index is 9.35. The van der Waals surface area contributed by atoms with Crippen molar-refractivity contribution in [1.82, 2.24) is 0 Å². The summed E-state index contributed by atoms with van der Waals surface area (Å²) in [6.07, 6.45) is 1.92. The second-order valence-corrected chi connectivity index (χ2v) is 5.91. The van der Waals surface area contributed by atoms with Crippen molar-refractivity contribution in [2.75, 3.05) is 19.0 Å². The molecule has 0 unspecified atom stereocenters. The molecule has 2 rings (SSSR count). The van der Waals surface area contributed by atoms with Crippen LogP contribution in [0.1, 0.15) is 11.1 Å². The summed E-state index contributed by atoms with van der Waals surface area (Å²) < 4.78 is 1.13. The minimum atomic E-state index is 0.682. The summed E-state index contributed by atoms with van der Waals surface area (Å²) in [6, 6.07) is 18.4. The van der Waals surface area contributed by atoms with E-state index in [4.69, 9.17) is 0 Å². The topological polar surface area (TPSA) is 27.0 Å². The molecule has 0 amide bonds. The molecule has 0 saturated heterocycles. The summed E-state index contributed by atoms with van der Waals surface area (Å²) >= 11 is 2.26. The molecule has 0 atom stereocenters. The number of hydrogen-bond donors (Lipinski definition) is 0. The minimum Gasteiger partial charge on any atom is -0.378 e. The van der Waals surface area contributed by atoms with E-state index < -0.39 is 0 Å². The van der Waals surface area contributed by atoms with Gasteiger partial charge in [-0.2, -0.15) is 5.26 Å². The van der Waals surface area contributed by atoms with Crippen molar-refractivity contribution in [2.24, 2.45) is 0 Å². The third kappa shape index (κ3) is 3.61. The summed E-state index contributed by atoms with van der Waals surface area (Å²) in [5.41, 5.74) is 3.82. The molecule has 0 aliphatic rings. The smallest absolute Gasteiger partial charge is 0.0998 e. The van der Waals surface area contributed by atoms with Gasteiger partial charge in [0.25, 0.3) is 0 Å². The van der Waals surface area contributed by atoms with Gasteiger partial charge in [-0.05, 0) is 64.1 Å². The van der Waals surface area contributed by atoms with Gasteiger partial charge < -0.3 is 4.90 Å². The molecule has 0 N–H and O–H groups in total. The summed E-state index contributed by atoms with van der Waals surface area (Å²) in [7, 11) is 4.02. The number of allylic oxidation sites excluding steroid dienone is 1. The third-order valence-corrected chi connectivity index (χ3v) is 3.65. The van der Waals surface area contributed by atoms with E-state index in [1.807, 2.05) is 56.6 Å². The number of anilines is 1. The van der Waals surface area contributed by atoms with Crippen LogP contribution in [0.15, 0.2) is 48.5 Å². The van der Waals surface area contributed by atoms with Gasteiger partial charge in [0, 0.05) is 23.4 Å². The maximum atomic E-state index is 9.35. The largest absolute Gasteiger partial charge is 0.378 e. The molecular weight excluding hydrogens is 359 g/mol. The summed E-state index contributed by atoms with van der Waals surface area (Å²) in [5, 5.41) is 9.35. The highest BCUT2D eigenvalue weighted by atomic mass is 127. The number of rotatable bonds is 3. The van der Waals surface area contributed by atoms with Crippen LogP contribution < -0.4 is 4.90 Å². The van der Waals surface area contributed by atoms with Crippen LogP contribution in [0.4, 0.5) is 5.69 Å². The predicted octanol–water partition coefficient (Wildman–Crippen LogP) is 4.42. The lowest BCUT2D eigenvalue weighted by Gasteiger charge is -2.12. The Balaban J connectivity index is 2.34. The van der Waals surface area contributed by atoms with Gasteiger partial charge in [-0.1, -0.05) is 24.3 Å². The first-order chi connectivity index (χ1) is 9.60. The molecule has 0 saturated carbocycles. The Kier molecular flexibility index (Phi) is 4.80. The van der Waals surface area contributed by atoms with Gasteiger partial charge in [0.15, 0.2) is 0 Å². The van der Waals surface area contributed by atoms with Crippen molar-refractivity contribution in [3.05, 3.63) is 63.2 Å². The van der Waals surface area contributed by atoms with Crippen molar-refractivity contribution >= 4 is 39.9 Å². The van der Waals surface area contributed by atoms with E-state index in [-0.39, 0.29) is 0 Å². The van der Waals surface area contributed by atoms with Gasteiger partial charge in [0.1, 0.15) is 0 Å². The molecule has 0 heterocycles. The first-order valence-electron chi connectivity index (χ1n) is 6.25. The Morgan fingerprint density at radius 3 is 2.40 bits per heavy atom. The SMILES string of the molecule is CN(C)c1ccc(C=C(C#N)c2cccc(I)c2)cc1. The van der Waals surface area contributed by atoms with Gasteiger partial charge >= 0.3 is 0 Å². The first kappa shape index (κ1) is 14.6. The van der Waals surface area contributed by atoms with E-state index in [0.717, 1.165) is 20.4 Å². The molecule has 2 nitrogen and oxygen atoms in total. The van der Waals surface area contributed by atoms with Crippen molar-refractivity contribution in [2.45, 2.75) is 0 Å². The number of hydrogen-bond acceptors (Lipinski definition) is 2. The van der Waals surface area contributed by atoms with Gasteiger partial charge in [-0.25, -0.2) is 0 Å². The van der Waals surface area contributed by atoms with Crippen LogP contribution in [-0.2, 0) is 0 Å². The minimum absolute atomic E-state index is 0.682. The molecule has 100 valence electrons. The number of benzene rings is 2. The Bertz CT molecular complexity index is 664. The molecule has 20 heavy (non-hydrogen) atoms. The third-order valence-electron chi connectivity index (χ3n) is 2.98. The van der Waals surface area contributed by atoms with E-state index in [0.29, 0.717) is 5.57 Å². The van der Waals surface area contributed by atoms with Crippen LogP contribution in [0.3, 0.4) is 0 Å². The zero-order chi connectivity index (χ0) is 14.5. The van der Waals surface area contributed by atoms with E-state index in [1.165, 1.54) is 0 Å². The molecule has 0 radical (unpaired) electrons. The first-order valence-corrected chi connectivity index (χ1v) is 7.33. The fourth-order valence-electron chi connectivity index (χ4n) is 1.87. The lowest BCUT2D eigenvalue weighted by molar-refractivity contribution is 1.13. The van der Waals surface area contributed by atoms with Gasteiger partial charge in [0.2, 0.25) is 0 Å². The van der Waals surface area contributed by atoms with Crippen molar-refractivity contribution in [3.63, 3.8) is 0 Å². The molecule has 2 aromatic rings. The predicted molar refractivity (Wildman–Crippen MR) is 93.4 cm³/mol. The molecule has 2 aromatic carbocycles. The summed E-state index contributed by atoms with van der Waals surface area (Å²) in [5.74, 6) is 0. The summed E-state index contributed by atoms with van der Waals surface area (Å²) in [6.45, 7) is 0. The fourth-order valence-corrected chi connectivity index (χ4v) is 2.41. The quantitative estimate of drug-likeness (QED) is 0.452. The van der Waals surface area contributed by atoms with Gasteiger partial charge in [0.05, 0.1) is 11.6 Å². The van der Waals surface area contributed by atoms with E-state index in [2.05, 4.69) is 45.7 Å². The van der Waals surface area contributed by atoms with Crippen LogP contribution in [0.5, 0.6) is 0 Å². The standard InChI is InChI=1S/C17H15IN2/c1-20(2)17-8-6-13(7-9-17)10-15(12-19)14-4-3-5-16(18)11-14/h3-11H,1-2H3. The Morgan fingerprint density at radius 1 is 1.15 bits per heavy atom. The van der Waals surface area contributed by atoms with E-state index in [1.54, 1.807) is 0 Å². The number of nitriles is 1. The average Bonchev–Trinajstić information content (AvgIpc) is 2.45. The molecule has 3 heteroatoms. The Hall–Kier alpha value is -1.80.